The van der Waals surface area contributed by atoms with Crippen molar-refractivity contribution in [2.45, 2.75) is 109 Å². The Balaban J connectivity index is 0.000000440. The Morgan fingerprint density at radius 2 is 0.548 bits per heavy atom. The first-order chi connectivity index (χ1) is 47.5. The number of Topliss-reactive ketones (excluding diaryl/α,β-unsaturated/α-hetero) is 5. The van der Waals surface area contributed by atoms with Crippen molar-refractivity contribution in [2.24, 2.45) is 0 Å². The van der Waals surface area contributed by atoms with Crippen molar-refractivity contribution in [1.29, 1.82) is 0 Å². The molecule has 5 aromatic carbocycles. The second kappa shape index (κ2) is 33.9. The van der Waals surface area contributed by atoms with Crippen molar-refractivity contribution in [2.75, 3.05) is 17.2 Å². The Bertz CT molecular complexity index is 4110. The van der Waals surface area contributed by atoms with E-state index in [0.29, 0.717) is 18.2 Å². The molecule has 5 rings (SSSR count). The summed E-state index contributed by atoms with van der Waals surface area (Å²) in [5, 5.41) is -19.2. The normalized spacial score (nSPS) is 14.3. The molecule has 0 saturated carbocycles. The van der Waals surface area contributed by atoms with Crippen molar-refractivity contribution in [3.8, 4) is 0 Å². The van der Waals surface area contributed by atoms with Crippen molar-refractivity contribution < 1.29 is 177 Å². The Morgan fingerprint density at radius 3 is 0.817 bits per heavy atom. The number of benzene rings is 5. The van der Waals surface area contributed by atoms with E-state index in [0.717, 1.165) is 108 Å². The zero-order valence-corrected chi connectivity index (χ0v) is 54.2. The van der Waals surface area contributed by atoms with Crippen LogP contribution in [0.4, 0.5) is 99.2 Å². The maximum atomic E-state index is 14.7. The first-order valence-corrected chi connectivity index (χ1v) is 33.5. The van der Waals surface area contributed by atoms with Gasteiger partial charge in [0, 0.05) is 46.6 Å². The number of alkyl halides is 20. The third-order valence-electron chi connectivity index (χ3n) is 12.9. The number of carbonyl (C=O) groups is 8. The first-order valence-electron chi connectivity index (χ1n) is 27.9. The van der Waals surface area contributed by atoms with E-state index in [1.807, 2.05) is 0 Å². The molecule has 4 unspecified atom stereocenters. The number of hydrogen-bond acceptors (Lipinski definition) is 20. The first kappa shape index (κ1) is 87.5. The summed E-state index contributed by atoms with van der Waals surface area (Å²) in [5.74, 6) is -19.3. The molecule has 0 aliphatic heterocycles. The van der Waals surface area contributed by atoms with Gasteiger partial charge >= 0.3 is 104 Å². The molecule has 104 heavy (non-hydrogen) atoms. The molecular formula is C57H45F20N3O20S4. The molecule has 23 nitrogen and oxygen atoms in total. The van der Waals surface area contributed by atoms with E-state index in [2.05, 4.69) is 16.7 Å². The van der Waals surface area contributed by atoms with Gasteiger partial charge in [0.2, 0.25) is 53.3 Å². The molecule has 0 fully saturated rings. The second-order valence-electron chi connectivity index (χ2n) is 20.6. The Hall–Kier alpha value is -8.90. The maximum absolute atomic E-state index is 14.7. The molecule has 4 atom stereocenters. The van der Waals surface area contributed by atoms with Gasteiger partial charge in [-0.25, -0.2) is 16.7 Å². The highest BCUT2D eigenvalue weighted by atomic mass is 32.2. The SMILES string of the molecule is O=C(c1ccccc1)C(OS(=O)(=O)C(F)(F)C(=O)CCCCCCCNC(=O)C(F)(F)S(=O)(=O)OC(C(=O)c1ccccc1)C(F)(F)F)C(F)(F)F.O=C(c1ccccc1)C(OS(=O)(=O)C(F)(F)C(=O)Nc1cccc(NC(=O)C(F)(F)S(=O)(=O)OC(C(=O)c2ccccc2)C(F)(F)F)c1)C(F)(F)F. The van der Waals surface area contributed by atoms with E-state index in [-0.39, 0.29) is 31.7 Å². The minimum Gasteiger partial charge on any atom is -0.350 e. The van der Waals surface area contributed by atoms with Crippen LogP contribution in [0.1, 0.15) is 80.0 Å². The van der Waals surface area contributed by atoms with Crippen molar-refractivity contribution >= 4 is 98.5 Å². The van der Waals surface area contributed by atoms with E-state index in [1.165, 1.54) is 29.6 Å². The van der Waals surface area contributed by atoms with Gasteiger partial charge in [0.15, 0.2) is 0 Å². The highest BCUT2D eigenvalue weighted by molar-refractivity contribution is 7.89. The van der Waals surface area contributed by atoms with Crippen LogP contribution < -0.4 is 16.0 Å². The third kappa shape index (κ3) is 22.3. The van der Waals surface area contributed by atoms with E-state index in [4.69, 9.17) is 0 Å². The van der Waals surface area contributed by atoms with Gasteiger partial charge in [-0.15, -0.1) is 0 Å². The number of rotatable bonds is 34. The number of carbonyl (C=O) groups excluding carboxylic acids is 8. The lowest BCUT2D eigenvalue weighted by Gasteiger charge is -2.23. The summed E-state index contributed by atoms with van der Waals surface area (Å²) in [6.07, 6.45) is -41.5. The minimum absolute atomic E-state index is 0.0215. The van der Waals surface area contributed by atoms with Gasteiger partial charge in [0.05, 0.1) is 0 Å². The Labute approximate surface area is 572 Å². The number of anilines is 2. The number of ketones is 5. The van der Waals surface area contributed by atoms with Gasteiger partial charge in [-0.1, -0.05) is 147 Å². The number of unbranched alkanes of at least 4 members (excludes halogenated alkanes) is 4. The molecule has 0 aliphatic carbocycles. The van der Waals surface area contributed by atoms with Gasteiger partial charge in [-0.3, -0.25) is 38.4 Å². The maximum Gasteiger partial charge on any atom is 0.447 e. The van der Waals surface area contributed by atoms with Gasteiger partial charge in [-0.2, -0.15) is 121 Å². The van der Waals surface area contributed by atoms with Crippen molar-refractivity contribution in [1.82, 2.24) is 5.32 Å². The Kier molecular flexibility index (Phi) is 28.5. The average molecular weight is 1600 g/mol. The minimum atomic E-state index is -6.96. The van der Waals surface area contributed by atoms with Crippen LogP contribution in [0.25, 0.3) is 0 Å². The van der Waals surface area contributed by atoms with Gasteiger partial charge in [-0.05, 0) is 31.0 Å². The predicted octanol–water partition coefficient (Wildman–Crippen LogP) is 10.6. The highest BCUT2D eigenvalue weighted by Crippen LogP contribution is 2.39. The van der Waals surface area contributed by atoms with Crippen molar-refractivity contribution in [3.63, 3.8) is 0 Å². The molecular weight excluding hydrogens is 1550 g/mol. The number of halogens is 20. The molecule has 0 heterocycles. The fourth-order valence-electron chi connectivity index (χ4n) is 7.70. The molecule has 0 radical (unpaired) electrons. The third-order valence-corrected chi connectivity index (χ3v) is 18.0. The van der Waals surface area contributed by atoms with Crippen LogP contribution in [0.2, 0.25) is 0 Å². The quantitative estimate of drug-likeness (QED) is 0.0149. The van der Waals surface area contributed by atoms with Crippen LogP contribution in [-0.4, -0.2) is 157 Å². The zero-order valence-electron chi connectivity index (χ0n) is 51.0. The van der Waals surface area contributed by atoms with Gasteiger partial charge in [0.25, 0.3) is 0 Å². The fourth-order valence-corrected chi connectivity index (χ4v) is 11.2. The lowest BCUT2D eigenvalue weighted by atomic mass is 10.1. The molecule has 0 aliphatic rings. The number of amides is 3. The standard InChI is InChI=1S/C29H27F10NO10S2.C28H18F10N2O10S2/c30-26(31,32)23(21(42)18-12-6-4-7-13-18)49-51(45,46)28(36,37)20(41)16-10-2-1-3-11-17-40-25(44)29(38,39)52(47,48)50-24(27(33,34)35)22(43)19-14-8-5-9-15-19;29-25(30,31)21(19(41)15-8-3-1-4-9-15)49-51(45,46)27(35,36)23(43)39-17-12-7-13-18(14-17)40-24(44)28(37,38)52(47,48)50-22(26(32,33)34)20(42)16-10-5-2-6-11-16/h4-9,12-15,23-24H,1-3,10-11,16-17H2,(H,40,44);1-14,21-22H,(H,39,43)(H,40,44). The molecule has 0 bridgehead atoms. The summed E-state index contributed by atoms with van der Waals surface area (Å²) in [4.78, 5) is 97.1. The summed E-state index contributed by atoms with van der Waals surface area (Å²) in [6, 6.07) is 22.1. The second-order valence-corrected chi connectivity index (χ2v) is 27.0. The highest BCUT2D eigenvalue weighted by Gasteiger charge is 2.63. The van der Waals surface area contributed by atoms with Crippen LogP contribution in [0.15, 0.2) is 146 Å². The molecule has 3 N–H and O–H groups in total. The molecule has 5 aromatic rings. The molecule has 3 amide bonds. The topological polar surface area (TPSA) is 346 Å². The van der Waals surface area contributed by atoms with E-state index < -0.39 is 210 Å². The molecule has 0 spiro atoms. The van der Waals surface area contributed by atoms with Gasteiger partial charge < -0.3 is 16.0 Å². The average Bonchev–Trinajstić information content (AvgIpc) is 0.790. The Morgan fingerprint density at radius 1 is 0.308 bits per heavy atom. The van der Waals surface area contributed by atoms with E-state index in [1.54, 1.807) is 0 Å². The zero-order chi connectivity index (χ0) is 79.3. The van der Waals surface area contributed by atoms with Crippen molar-refractivity contribution in [3.05, 3.63) is 168 Å². The molecule has 47 heteroatoms. The lowest BCUT2D eigenvalue weighted by Crippen LogP contribution is -2.50. The summed E-state index contributed by atoms with van der Waals surface area (Å²) < 4.78 is 388. The van der Waals surface area contributed by atoms with Gasteiger partial charge in [0.1, 0.15) is 0 Å². The van der Waals surface area contributed by atoms with E-state index in [9.17, 15) is 160 Å². The van der Waals surface area contributed by atoms with E-state index >= 15 is 0 Å². The lowest BCUT2D eigenvalue weighted by molar-refractivity contribution is -0.180. The molecule has 0 aromatic heterocycles. The fraction of sp³-hybridized carbons (Fsp3) is 0.333. The summed E-state index contributed by atoms with van der Waals surface area (Å²) in [7, 11) is -27.3. The van der Waals surface area contributed by atoms with Crippen LogP contribution in [0.5, 0.6) is 0 Å². The number of nitrogens with one attached hydrogen (secondary N) is 3. The summed E-state index contributed by atoms with van der Waals surface area (Å²) in [6.45, 7) is -0.718. The van der Waals surface area contributed by atoms with Crippen LogP contribution in [0.3, 0.4) is 0 Å². The summed E-state index contributed by atoms with van der Waals surface area (Å²) >= 11 is 0. The van der Waals surface area contributed by atoms with Crippen LogP contribution in [-0.2, 0) is 76.4 Å². The van der Waals surface area contributed by atoms with Crippen LogP contribution in [0, 0.1) is 0 Å². The smallest absolute Gasteiger partial charge is 0.350 e. The largest absolute Gasteiger partial charge is 0.447 e. The predicted molar refractivity (Wildman–Crippen MR) is 312 cm³/mol. The molecule has 0 saturated heterocycles. The summed E-state index contributed by atoms with van der Waals surface area (Å²) in [5.41, 5.74) is -5.17. The number of hydrogen-bond donors (Lipinski definition) is 3. The monoisotopic (exact) mass is 1600 g/mol. The molecule has 572 valence electrons. The van der Waals surface area contributed by atoms with Crippen LogP contribution >= 0.6 is 0 Å².